The minimum absolute atomic E-state index is 0.124. The number of amides is 2. The lowest BCUT2D eigenvalue weighted by atomic mass is 9.96. The van der Waals surface area contributed by atoms with E-state index in [1.54, 1.807) is 12.1 Å². The van der Waals surface area contributed by atoms with E-state index in [0.717, 1.165) is 41.7 Å². The van der Waals surface area contributed by atoms with Gasteiger partial charge in [-0.25, -0.2) is 0 Å². The summed E-state index contributed by atoms with van der Waals surface area (Å²) in [7, 11) is 0. The summed E-state index contributed by atoms with van der Waals surface area (Å²) >= 11 is 8.84. The Morgan fingerprint density at radius 3 is 2.68 bits per heavy atom. The molecule has 174 valence electrons. The van der Waals surface area contributed by atoms with E-state index in [2.05, 4.69) is 16.7 Å². The van der Waals surface area contributed by atoms with Crippen LogP contribution in [0.3, 0.4) is 0 Å². The highest BCUT2D eigenvalue weighted by Gasteiger charge is 2.23. The lowest BCUT2D eigenvalue weighted by molar-refractivity contribution is -0.116. The normalized spacial score (nSPS) is 13.4. The van der Waals surface area contributed by atoms with E-state index in [9.17, 15) is 14.9 Å². The van der Waals surface area contributed by atoms with Crippen molar-refractivity contribution in [3.8, 4) is 6.07 Å². The van der Waals surface area contributed by atoms with E-state index >= 15 is 0 Å². The van der Waals surface area contributed by atoms with Gasteiger partial charge in [0.05, 0.1) is 17.2 Å². The van der Waals surface area contributed by atoms with Gasteiger partial charge in [-0.3, -0.25) is 9.59 Å². The number of aryl methyl sites for hydroxylation is 1. The largest absolute Gasteiger partial charge is 0.326 e. The van der Waals surface area contributed by atoms with Crippen molar-refractivity contribution in [1.29, 1.82) is 5.26 Å². The fraction of sp³-hybridized carbons (Fsp3) is 0.269. The average Bonchev–Trinajstić information content (AvgIpc) is 3.17. The fourth-order valence-electron chi connectivity index (χ4n) is 3.88. The second kappa shape index (κ2) is 11.1. The molecule has 3 aromatic rings. The summed E-state index contributed by atoms with van der Waals surface area (Å²) < 4.78 is 0. The molecule has 1 aromatic heterocycles. The van der Waals surface area contributed by atoms with E-state index in [1.165, 1.54) is 28.0 Å². The van der Waals surface area contributed by atoms with Crippen LogP contribution in [-0.2, 0) is 28.9 Å². The minimum atomic E-state index is -0.370. The van der Waals surface area contributed by atoms with Gasteiger partial charge in [0.1, 0.15) is 11.1 Å². The molecule has 2 aromatic carbocycles. The molecular weight excluding hydrogens is 486 g/mol. The molecule has 34 heavy (non-hydrogen) atoms. The van der Waals surface area contributed by atoms with Gasteiger partial charge < -0.3 is 10.6 Å². The SMILES string of the molecule is CC(Sc1cccc(NC(=O)Cc2ccc(Cl)cc2)c1)C(=O)Nc1sc2c(c1C#N)CCCC2. The van der Waals surface area contributed by atoms with Crippen LogP contribution < -0.4 is 10.6 Å². The number of nitriles is 1. The topological polar surface area (TPSA) is 82.0 Å². The van der Waals surface area contributed by atoms with E-state index in [1.807, 2.05) is 43.3 Å². The van der Waals surface area contributed by atoms with Gasteiger partial charge >= 0.3 is 0 Å². The van der Waals surface area contributed by atoms with E-state index in [-0.39, 0.29) is 23.5 Å². The van der Waals surface area contributed by atoms with Crippen molar-refractivity contribution in [1.82, 2.24) is 0 Å². The van der Waals surface area contributed by atoms with Crippen LogP contribution in [0.2, 0.25) is 5.02 Å². The maximum absolute atomic E-state index is 12.9. The number of nitrogens with one attached hydrogen (secondary N) is 2. The average molecular weight is 510 g/mol. The second-order valence-corrected chi connectivity index (χ2v) is 11.1. The van der Waals surface area contributed by atoms with Gasteiger partial charge in [-0.05, 0) is 74.1 Å². The van der Waals surface area contributed by atoms with Gasteiger partial charge in [0, 0.05) is 20.5 Å². The number of hydrogen-bond donors (Lipinski definition) is 2. The van der Waals surface area contributed by atoms with Gasteiger partial charge in [0.2, 0.25) is 11.8 Å². The third-order valence-corrected chi connectivity index (χ3v) is 8.15. The van der Waals surface area contributed by atoms with Crippen LogP contribution in [0.15, 0.2) is 53.4 Å². The molecule has 2 N–H and O–H groups in total. The maximum atomic E-state index is 12.9. The number of fused-ring (bicyclic) bond motifs is 1. The Morgan fingerprint density at radius 2 is 1.91 bits per heavy atom. The first-order valence-electron chi connectivity index (χ1n) is 11.1. The lowest BCUT2D eigenvalue weighted by Crippen LogP contribution is -2.22. The zero-order chi connectivity index (χ0) is 24.1. The smallest absolute Gasteiger partial charge is 0.238 e. The number of thiophene rings is 1. The van der Waals surface area contributed by atoms with E-state index < -0.39 is 0 Å². The molecule has 1 unspecified atom stereocenters. The standard InChI is InChI=1S/C26H24ClN3O2S2/c1-16(25(32)30-26-22(15-28)21-7-2-3-8-23(21)34-26)33-20-6-4-5-19(14-20)29-24(31)13-17-9-11-18(27)12-10-17/h4-6,9-12,14,16H,2-3,7-8,13H2,1H3,(H,29,31)(H,30,32). The van der Waals surface area contributed by atoms with Crippen LogP contribution in [0.1, 0.15) is 41.3 Å². The molecule has 0 radical (unpaired) electrons. The van der Waals surface area contributed by atoms with Crippen molar-refractivity contribution < 1.29 is 9.59 Å². The van der Waals surface area contributed by atoms with Gasteiger partial charge in [-0.2, -0.15) is 5.26 Å². The molecule has 4 rings (SSSR count). The Balaban J connectivity index is 1.36. The molecule has 0 aliphatic heterocycles. The molecule has 0 saturated heterocycles. The van der Waals surface area contributed by atoms with Crippen LogP contribution in [-0.4, -0.2) is 17.1 Å². The second-order valence-electron chi connectivity index (χ2n) is 8.16. The third-order valence-electron chi connectivity index (χ3n) is 5.60. The predicted molar refractivity (Wildman–Crippen MR) is 140 cm³/mol. The zero-order valence-electron chi connectivity index (χ0n) is 18.7. The summed E-state index contributed by atoms with van der Waals surface area (Å²) in [6.07, 6.45) is 4.35. The van der Waals surface area contributed by atoms with Crippen LogP contribution in [0, 0.1) is 11.3 Å². The summed E-state index contributed by atoms with van der Waals surface area (Å²) in [5, 5.41) is 16.4. The van der Waals surface area contributed by atoms with E-state index in [0.29, 0.717) is 21.3 Å². The highest BCUT2D eigenvalue weighted by molar-refractivity contribution is 8.00. The molecule has 1 aliphatic carbocycles. The molecule has 1 aliphatic rings. The number of nitrogens with zero attached hydrogens (tertiary/aromatic N) is 1. The van der Waals surface area contributed by atoms with Crippen LogP contribution in [0.25, 0.3) is 0 Å². The number of hydrogen-bond acceptors (Lipinski definition) is 5. The molecule has 5 nitrogen and oxygen atoms in total. The minimum Gasteiger partial charge on any atom is -0.326 e. The van der Waals surface area contributed by atoms with Crippen molar-refractivity contribution >= 4 is 57.2 Å². The summed E-state index contributed by atoms with van der Waals surface area (Å²) in [5.74, 6) is -0.266. The van der Waals surface area contributed by atoms with Crippen molar-refractivity contribution in [3.63, 3.8) is 0 Å². The Labute approximate surface area is 212 Å². The number of halogens is 1. The molecule has 2 amide bonds. The van der Waals surface area contributed by atoms with Crippen molar-refractivity contribution in [3.05, 3.63) is 75.1 Å². The summed E-state index contributed by atoms with van der Waals surface area (Å²) in [4.78, 5) is 27.4. The van der Waals surface area contributed by atoms with Crippen molar-refractivity contribution in [2.75, 3.05) is 10.6 Å². The van der Waals surface area contributed by atoms with Gasteiger partial charge in [0.15, 0.2) is 0 Å². The number of carbonyl (C=O) groups is 2. The third kappa shape index (κ3) is 6.01. The first-order valence-corrected chi connectivity index (χ1v) is 13.2. The predicted octanol–water partition coefficient (Wildman–Crippen LogP) is 6.45. The number of benzene rings is 2. The Morgan fingerprint density at radius 1 is 1.15 bits per heavy atom. The van der Waals surface area contributed by atoms with E-state index in [4.69, 9.17) is 11.6 Å². The molecule has 0 fully saturated rings. The molecule has 0 bridgehead atoms. The monoisotopic (exact) mass is 509 g/mol. The van der Waals surface area contributed by atoms with Crippen LogP contribution in [0.5, 0.6) is 0 Å². The highest BCUT2D eigenvalue weighted by Crippen LogP contribution is 2.38. The number of anilines is 2. The fourth-order valence-corrected chi connectivity index (χ4v) is 6.18. The molecule has 0 spiro atoms. The summed E-state index contributed by atoms with van der Waals surface area (Å²) in [6.45, 7) is 1.84. The number of thioether (sulfide) groups is 1. The van der Waals surface area contributed by atoms with Crippen LogP contribution >= 0.6 is 34.7 Å². The molecule has 1 heterocycles. The first-order chi connectivity index (χ1) is 16.4. The Hall–Kier alpha value is -2.79. The molecular formula is C26H24ClN3O2S2. The lowest BCUT2D eigenvalue weighted by Gasteiger charge is -2.13. The Bertz CT molecular complexity index is 1250. The summed E-state index contributed by atoms with van der Waals surface area (Å²) in [6, 6.07) is 16.9. The maximum Gasteiger partial charge on any atom is 0.238 e. The first kappa shape index (κ1) is 24.3. The van der Waals surface area contributed by atoms with Gasteiger partial charge in [-0.15, -0.1) is 23.1 Å². The molecule has 0 saturated carbocycles. The highest BCUT2D eigenvalue weighted by atomic mass is 35.5. The molecule has 8 heteroatoms. The van der Waals surface area contributed by atoms with Gasteiger partial charge in [-0.1, -0.05) is 29.8 Å². The van der Waals surface area contributed by atoms with Crippen LogP contribution in [0.4, 0.5) is 10.7 Å². The van der Waals surface area contributed by atoms with Crippen molar-refractivity contribution in [2.45, 2.75) is 49.2 Å². The zero-order valence-corrected chi connectivity index (χ0v) is 21.1. The Kier molecular flexibility index (Phi) is 7.94. The quantitative estimate of drug-likeness (QED) is 0.358. The van der Waals surface area contributed by atoms with Gasteiger partial charge in [0.25, 0.3) is 0 Å². The number of rotatable bonds is 7. The summed E-state index contributed by atoms with van der Waals surface area (Å²) in [5.41, 5.74) is 3.28. The van der Waals surface area contributed by atoms with Crippen molar-refractivity contribution in [2.24, 2.45) is 0 Å². The number of carbonyl (C=O) groups excluding carboxylic acids is 2. The molecule has 1 atom stereocenters.